The van der Waals surface area contributed by atoms with Crippen LogP contribution in [-0.4, -0.2) is 74.5 Å². The van der Waals surface area contributed by atoms with Crippen LogP contribution < -0.4 is 5.32 Å². The zero-order valence-electron chi connectivity index (χ0n) is 17.7. The van der Waals surface area contributed by atoms with E-state index < -0.39 is 0 Å². The Bertz CT molecular complexity index is 439. The van der Waals surface area contributed by atoms with Gasteiger partial charge >= 0.3 is 6.15 Å². The summed E-state index contributed by atoms with van der Waals surface area (Å²) in [6.45, 7) is 13.2. The van der Waals surface area contributed by atoms with E-state index >= 15 is 0 Å². The molecule has 1 N–H and O–H groups in total. The van der Waals surface area contributed by atoms with E-state index in [1.165, 1.54) is 0 Å². The van der Waals surface area contributed by atoms with Crippen LogP contribution in [0.1, 0.15) is 48.5 Å². The maximum Gasteiger partial charge on any atom is 0.373 e. The van der Waals surface area contributed by atoms with Gasteiger partial charge in [0.05, 0.1) is 44.9 Å². The van der Waals surface area contributed by atoms with Crippen LogP contribution in [-0.2, 0) is 33.4 Å². The molecule has 0 saturated carbocycles. The molecule has 0 aromatic heterocycles. The minimum atomic E-state index is -0.0424. The first-order chi connectivity index (χ1) is 13.3. The van der Waals surface area contributed by atoms with Gasteiger partial charge in [0.25, 0.3) is 0 Å². The maximum absolute atomic E-state index is 11.8. The van der Waals surface area contributed by atoms with Gasteiger partial charge in [0.15, 0.2) is 0 Å². The van der Waals surface area contributed by atoms with E-state index in [4.69, 9.17) is 23.8 Å². The summed E-state index contributed by atoms with van der Waals surface area (Å²) in [4.78, 5) is 39.4. The Hall–Kier alpha value is -1.25. The second kappa shape index (κ2) is 23.0. The highest BCUT2D eigenvalue weighted by atomic mass is 32.2. The fraction of sp³-hybridized carbons (Fsp3) is 0.850. The Labute approximate surface area is 179 Å². The fourth-order valence-electron chi connectivity index (χ4n) is 1.86. The second-order valence-electron chi connectivity index (χ2n) is 6.41. The fourth-order valence-corrected chi connectivity index (χ4v) is 2.89. The number of nitrogens with one attached hydrogen (secondary N) is 1. The number of hydrogen-bond donors (Lipinski definition) is 1. The Morgan fingerprint density at radius 1 is 0.862 bits per heavy atom. The lowest BCUT2D eigenvalue weighted by molar-refractivity contribution is -0.191. The van der Waals surface area contributed by atoms with Crippen LogP contribution in [0.3, 0.4) is 0 Å². The number of carbonyl (C=O) groups excluding carboxylic acids is 4. The van der Waals surface area contributed by atoms with Crippen molar-refractivity contribution < 1.29 is 33.4 Å². The standard InChI is InChI=1S/C18H35NO5S.CO2.CH4/c1-14(2)17(20)6-8-22-10-12-24-13-11-23-9-7-19-18(21)16(5)25-15(3)4;2-1-3;/h14-16H,6-13H2,1-5H3,(H,19,21);;1H4. The lowest BCUT2D eigenvalue weighted by Crippen LogP contribution is -2.34. The molecule has 0 aromatic carbocycles. The van der Waals surface area contributed by atoms with Gasteiger partial charge in [-0.2, -0.15) is 9.59 Å². The lowest BCUT2D eigenvalue weighted by Gasteiger charge is -2.14. The molecular weight excluding hydrogens is 398 g/mol. The van der Waals surface area contributed by atoms with E-state index in [-0.39, 0.29) is 36.4 Å². The Morgan fingerprint density at radius 3 is 1.76 bits per heavy atom. The molecule has 0 bridgehead atoms. The summed E-state index contributed by atoms with van der Waals surface area (Å²) in [5.74, 6) is 0.337. The number of amides is 1. The van der Waals surface area contributed by atoms with Crippen LogP contribution in [0.2, 0.25) is 0 Å². The number of ketones is 1. The zero-order chi connectivity index (χ0) is 21.8. The highest BCUT2D eigenvalue weighted by Gasteiger charge is 2.13. The van der Waals surface area contributed by atoms with Crippen molar-refractivity contribution in [3.8, 4) is 0 Å². The van der Waals surface area contributed by atoms with Gasteiger partial charge in [-0.05, 0) is 12.2 Å². The predicted molar refractivity (Wildman–Crippen MR) is 114 cm³/mol. The molecule has 0 heterocycles. The summed E-state index contributed by atoms with van der Waals surface area (Å²) in [7, 11) is 0. The molecule has 0 radical (unpaired) electrons. The van der Waals surface area contributed by atoms with Crippen LogP contribution in [0.15, 0.2) is 0 Å². The van der Waals surface area contributed by atoms with E-state index in [0.29, 0.717) is 57.9 Å². The third-order valence-electron chi connectivity index (χ3n) is 3.27. The molecule has 0 spiro atoms. The summed E-state index contributed by atoms with van der Waals surface area (Å²) in [6, 6.07) is 0. The second-order valence-corrected chi connectivity index (χ2v) is 8.33. The van der Waals surface area contributed by atoms with Crippen molar-refractivity contribution in [1.29, 1.82) is 0 Å². The molecule has 0 saturated heterocycles. The first-order valence-electron chi connectivity index (χ1n) is 9.44. The molecule has 1 atom stereocenters. The minimum absolute atomic E-state index is 0. The maximum atomic E-state index is 11.8. The van der Waals surface area contributed by atoms with E-state index in [2.05, 4.69) is 19.2 Å². The van der Waals surface area contributed by atoms with Crippen molar-refractivity contribution in [2.24, 2.45) is 5.92 Å². The summed E-state index contributed by atoms with van der Waals surface area (Å²) in [5.41, 5.74) is 0. The van der Waals surface area contributed by atoms with E-state index in [1.54, 1.807) is 11.8 Å². The van der Waals surface area contributed by atoms with Gasteiger partial charge in [-0.15, -0.1) is 11.8 Å². The molecule has 9 heteroatoms. The van der Waals surface area contributed by atoms with Crippen LogP contribution >= 0.6 is 11.8 Å². The topological polar surface area (TPSA) is 108 Å². The van der Waals surface area contributed by atoms with Gasteiger partial charge in [0, 0.05) is 18.9 Å². The lowest BCUT2D eigenvalue weighted by atomic mass is 10.1. The largest absolute Gasteiger partial charge is 0.379 e. The Morgan fingerprint density at radius 2 is 1.31 bits per heavy atom. The third-order valence-corrected chi connectivity index (χ3v) is 4.44. The van der Waals surface area contributed by atoms with Crippen molar-refractivity contribution in [3.05, 3.63) is 0 Å². The molecule has 0 aliphatic rings. The van der Waals surface area contributed by atoms with Crippen molar-refractivity contribution >= 4 is 29.6 Å². The average Bonchev–Trinajstić information content (AvgIpc) is 2.62. The van der Waals surface area contributed by atoms with Gasteiger partial charge in [0.2, 0.25) is 5.91 Å². The number of carbonyl (C=O) groups is 2. The van der Waals surface area contributed by atoms with E-state index in [9.17, 15) is 9.59 Å². The molecule has 172 valence electrons. The van der Waals surface area contributed by atoms with Crippen LogP contribution in [0.4, 0.5) is 0 Å². The molecule has 1 unspecified atom stereocenters. The summed E-state index contributed by atoms with van der Waals surface area (Å²) >= 11 is 1.64. The van der Waals surface area contributed by atoms with Crippen LogP contribution in [0.5, 0.6) is 0 Å². The Balaban J connectivity index is -0.00000158. The molecule has 8 nitrogen and oxygen atoms in total. The quantitative estimate of drug-likeness (QED) is 0.367. The Kier molecular flexibility index (Phi) is 25.7. The van der Waals surface area contributed by atoms with Crippen molar-refractivity contribution in [1.82, 2.24) is 5.32 Å². The van der Waals surface area contributed by atoms with Crippen molar-refractivity contribution in [2.75, 3.05) is 46.2 Å². The molecule has 0 fully saturated rings. The first-order valence-corrected chi connectivity index (χ1v) is 10.4. The molecule has 0 aliphatic carbocycles. The molecular formula is C20H39NO7S. The zero-order valence-corrected chi connectivity index (χ0v) is 18.5. The van der Waals surface area contributed by atoms with Gasteiger partial charge in [0.1, 0.15) is 5.78 Å². The summed E-state index contributed by atoms with van der Waals surface area (Å²) in [5, 5.41) is 3.25. The van der Waals surface area contributed by atoms with Crippen molar-refractivity contribution in [3.63, 3.8) is 0 Å². The average molecular weight is 438 g/mol. The summed E-state index contributed by atoms with van der Waals surface area (Å²) < 4.78 is 16.1. The SMILES string of the molecule is C.CC(C)SC(C)C(=O)NCCOCCOCCOCCC(=O)C(C)C.O=C=O. The molecule has 1 amide bonds. The number of Topliss-reactive ketones (excluding diaryl/α,β-unsaturated/α-hetero) is 1. The highest BCUT2D eigenvalue weighted by molar-refractivity contribution is 8.01. The third kappa shape index (κ3) is 24.7. The normalized spacial score (nSPS) is 11.1. The molecule has 0 aliphatic heterocycles. The van der Waals surface area contributed by atoms with Gasteiger partial charge < -0.3 is 19.5 Å². The highest BCUT2D eigenvalue weighted by Crippen LogP contribution is 2.16. The predicted octanol–water partition coefficient (Wildman–Crippen LogP) is 2.35. The van der Waals surface area contributed by atoms with Crippen LogP contribution in [0.25, 0.3) is 0 Å². The van der Waals surface area contributed by atoms with Gasteiger partial charge in [-0.25, -0.2) is 0 Å². The summed E-state index contributed by atoms with van der Waals surface area (Å²) in [6.07, 6.45) is 0.709. The molecule has 29 heavy (non-hydrogen) atoms. The molecule has 0 aromatic rings. The monoisotopic (exact) mass is 437 g/mol. The minimum Gasteiger partial charge on any atom is -0.379 e. The number of hydrogen-bond acceptors (Lipinski definition) is 8. The first kappa shape index (κ1) is 32.4. The van der Waals surface area contributed by atoms with Gasteiger partial charge in [-0.3, -0.25) is 9.59 Å². The smallest absolute Gasteiger partial charge is 0.373 e. The van der Waals surface area contributed by atoms with Crippen LogP contribution in [0, 0.1) is 5.92 Å². The van der Waals surface area contributed by atoms with Crippen molar-refractivity contribution in [2.45, 2.75) is 59.0 Å². The number of thioether (sulfide) groups is 1. The number of ether oxygens (including phenoxy) is 3. The molecule has 0 rings (SSSR count). The van der Waals surface area contributed by atoms with Gasteiger partial charge in [-0.1, -0.05) is 35.1 Å². The van der Waals surface area contributed by atoms with E-state index in [0.717, 1.165) is 0 Å². The van der Waals surface area contributed by atoms with E-state index in [1.807, 2.05) is 20.8 Å². The number of rotatable bonds is 16.